The number of alkyl halides is 3. The van der Waals surface area contributed by atoms with E-state index in [4.69, 9.17) is 5.11 Å². The quantitative estimate of drug-likeness (QED) is 0.859. The molecular formula is C16H16F3N3O3. The Hall–Kier alpha value is -2.84. The summed E-state index contributed by atoms with van der Waals surface area (Å²) in [5.41, 5.74) is -2.04. The molecule has 0 aliphatic heterocycles. The Labute approximate surface area is 141 Å². The van der Waals surface area contributed by atoms with E-state index in [1.807, 2.05) is 6.92 Å². The van der Waals surface area contributed by atoms with Crippen LogP contribution >= 0.6 is 0 Å². The molecule has 2 rings (SSSR count). The monoisotopic (exact) mass is 355 g/mol. The number of carboxylic acids is 1. The van der Waals surface area contributed by atoms with Crippen molar-refractivity contribution in [3.63, 3.8) is 0 Å². The fourth-order valence-electron chi connectivity index (χ4n) is 2.14. The number of rotatable bonds is 5. The van der Waals surface area contributed by atoms with Gasteiger partial charge >= 0.3 is 12.1 Å². The molecule has 2 aromatic rings. The number of anilines is 1. The smallest absolute Gasteiger partial charge is 0.434 e. The van der Waals surface area contributed by atoms with Gasteiger partial charge in [-0.3, -0.25) is 4.79 Å². The summed E-state index contributed by atoms with van der Waals surface area (Å²) in [7, 11) is 0. The summed E-state index contributed by atoms with van der Waals surface area (Å²) in [4.78, 5) is 22.9. The van der Waals surface area contributed by atoms with Crippen LogP contribution in [0.5, 0.6) is 0 Å². The number of carboxylic acid groups (broad SMARTS) is 1. The van der Waals surface area contributed by atoms with Gasteiger partial charge in [0.05, 0.1) is 11.9 Å². The number of benzene rings is 1. The largest absolute Gasteiger partial charge is 0.478 e. The van der Waals surface area contributed by atoms with Gasteiger partial charge in [-0.05, 0) is 24.6 Å². The molecule has 6 nitrogen and oxygen atoms in total. The lowest BCUT2D eigenvalue weighted by atomic mass is 10.1. The molecule has 1 unspecified atom stereocenters. The van der Waals surface area contributed by atoms with Crippen molar-refractivity contribution >= 4 is 17.6 Å². The third-order valence-corrected chi connectivity index (χ3v) is 3.69. The molecule has 1 heterocycles. The Morgan fingerprint density at radius 2 is 2.04 bits per heavy atom. The molecule has 0 saturated heterocycles. The van der Waals surface area contributed by atoms with E-state index in [2.05, 4.69) is 10.4 Å². The molecule has 0 aliphatic rings. The highest BCUT2D eigenvalue weighted by Crippen LogP contribution is 2.34. The minimum Gasteiger partial charge on any atom is -0.478 e. The van der Waals surface area contributed by atoms with Crippen molar-refractivity contribution in [1.82, 2.24) is 9.78 Å². The van der Waals surface area contributed by atoms with Crippen LogP contribution in [0.2, 0.25) is 0 Å². The maximum Gasteiger partial charge on any atom is 0.434 e. The number of hydrogen-bond acceptors (Lipinski definition) is 3. The number of nitrogens with zero attached hydrogens (tertiary/aromatic N) is 2. The van der Waals surface area contributed by atoms with Crippen LogP contribution in [0.1, 0.15) is 36.3 Å². The molecule has 9 heteroatoms. The van der Waals surface area contributed by atoms with Crippen molar-refractivity contribution in [2.45, 2.75) is 26.4 Å². The predicted octanol–water partition coefficient (Wildman–Crippen LogP) is 3.57. The standard InChI is InChI=1S/C16H16F3N3O3/c1-3-9(2)14(23)21-10-5-4-6-11(7-10)22-13(16(17,18)19)12(8-20-22)15(24)25/h4-9H,3H2,1-2H3,(H,21,23)(H,24,25). The molecular weight excluding hydrogens is 339 g/mol. The van der Waals surface area contributed by atoms with E-state index in [0.29, 0.717) is 23.0 Å². The van der Waals surface area contributed by atoms with Crippen LogP contribution in [-0.2, 0) is 11.0 Å². The minimum atomic E-state index is -4.90. The SMILES string of the molecule is CCC(C)C(=O)Nc1cccc(-n2ncc(C(=O)O)c2C(F)(F)F)c1. The lowest BCUT2D eigenvalue weighted by molar-refractivity contribution is -0.143. The highest BCUT2D eigenvalue weighted by atomic mass is 19.4. The number of carbonyl (C=O) groups excluding carboxylic acids is 1. The Morgan fingerprint density at radius 1 is 1.36 bits per heavy atom. The van der Waals surface area contributed by atoms with E-state index >= 15 is 0 Å². The minimum absolute atomic E-state index is 0.0122. The van der Waals surface area contributed by atoms with Crippen LogP contribution in [-0.4, -0.2) is 26.8 Å². The van der Waals surface area contributed by atoms with Crippen molar-refractivity contribution in [2.24, 2.45) is 5.92 Å². The second-order valence-corrected chi connectivity index (χ2v) is 5.47. The van der Waals surface area contributed by atoms with E-state index in [0.717, 1.165) is 0 Å². The second kappa shape index (κ2) is 6.96. The average Bonchev–Trinajstić information content (AvgIpc) is 3.00. The first-order valence-electron chi connectivity index (χ1n) is 7.45. The van der Waals surface area contributed by atoms with Crippen LogP contribution in [0.3, 0.4) is 0 Å². The number of aromatic nitrogens is 2. The molecule has 0 saturated carbocycles. The van der Waals surface area contributed by atoms with Crippen molar-refractivity contribution < 1.29 is 27.9 Å². The number of amides is 1. The fourth-order valence-corrected chi connectivity index (χ4v) is 2.14. The molecule has 0 bridgehead atoms. The van der Waals surface area contributed by atoms with Gasteiger partial charge in [0, 0.05) is 11.6 Å². The summed E-state index contributed by atoms with van der Waals surface area (Å²) in [5, 5.41) is 15.1. The van der Waals surface area contributed by atoms with Crippen molar-refractivity contribution in [2.75, 3.05) is 5.32 Å². The van der Waals surface area contributed by atoms with Gasteiger partial charge in [0.2, 0.25) is 5.91 Å². The summed E-state index contributed by atoms with van der Waals surface area (Å²) < 4.78 is 40.3. The van der Waals surface area contributed by atoms with Gasteiger partial charge < -0.3 is 10.4 Å². The van der Waals surface area contributed by atoms with Crippen LogP contribution in [0.15, 0.2) is 30.5 Å². The Kier molecular flexibility index (Phi) is 5.15. The zero-order chi connectivity index (χ0) is 18.8. The molecule has 1 aromatic heterocycles. The second-order valence-electron chi connectivity index (χ2n) is 5.47. The number of nitrogens with one attached hydrogen (secondary N) is 1. The van der Waals surface area contributed by atoms with Gasteiger partial charge in [0.15, 0.2) is 5.69 Å². The normalized spacial score (nSPS) is 12.7. The molecule has 1 atom stereocenters. The molecule has 25 heavy (non-hydrogen) atoms. The molecule has 0 aliphatic carbocycles. The van der Waals surface area contributed by atoms with Crippen LogP contribution < -0.4 is 5.32 Å². The number of carbonyl (C=O) groups is 2. The first-order valence-corrected chi connectivity index (χ1v) is 7.45. The molecule has 1 amide bonds. The summed E-state index contributed by atoms with van der Waals surface area (Å²) in [6.07, 6.45) is -3.64. The van der Waals surface area contributed by atoms with Gasteiger partial charge in [-0.1, -0.05) is 19.9 Å². The molecule has 0 radical (unpaired) electrons. The maximum atomic E-state index is 13.3. The van der Waals surface area contributed by atoms with Gasteiger partial charge in [-0.25, -0.2) is 9.48 Å². The average molecular weight is 355 g/mol. The molecule has 2 N–H and O–H groups in total. The summed E-state index contributed by atoms with van der Waals surface area (Å²) in [6, 6.07) is 5.61. The number of aromatic carboxylic acids is 1. The lowest BCUT2D eigenvalue weighted by Gasteiger charge is -2.14. The van der Waals surface area contributed by atoms with Crippen molar-refractivity contribution in [1.29, 1.82) is 0 Å². The number of hydrogen-bond donors (Lipinski definition) is 2. The van der Waals surface area contributed by atoms with E-state index in [1.165, 1.54) is 24.3 Å². The van der Waals surface area contributed by atoms with E-state index in [-0.39, 0.29) is 17.5 Å². The van der Waals surface area contributed by atoms with Gasteiger partial charge in [-0.2, -0.15) is 18.3 Å². The Bertz CT molecular complexity index is 799. The summed E-state index contributed by atoms with van der Waals surface area (Å²) >= 11 is 0. The third kappa shape index (κ3) is 3.98. The van der Waals surface area contributed by atoms with Crippen LogP contribution in [0, 0.1) is 5.92 Å². The molecule has 0 spiro atoms. The first-order chi connectivity index (χ1) is 11.6. The van der Waals surface area contributed by atoms with Crippen molar-refractivity contribution in [3.8, 4) is 5.69 Å². The predicted molar refractivity (Wildman–Crippen MR) is 83.6 cm³/mol. The topological polar surface area (TPSA) is 84.2 Å². The van der Waals surface area contributed by atoms with Gasteiger partial charge in [0.1, 0.15) is 5.56 Å². The maximum absolute atomic E-state index is 13.3. The summed E-state index contributed by atoms with van der Waals surface area (Å²) in [6.45, 7) is 3.57. The van der Waals surface area contributed by atoms with Crippen molar-refractivity contribution in [3.05, 3.63) is 41.7 Å². The fraction of sp³-hybridized carbons (Fsp3) is 0.312. The zero-order valence-corrected chi connectivity index (χ0v) is 13.5. The van der Waals surface area contributed by atoms with E-state index in [9.17, 15) is 22.8 Å². The summed E-state index contributed by atoms with van der Waals surface area (Å²) in [5.74, 6) is -2.24. The third-order valence-electron chi connectivity index (χ3n) is 3.69. The van der Waals surface area contributed by atoms with Crippen LogP contribution in [0.25, 0.3) is 5.69 Å². The van der Waals surface area contributed by atoms with Gasteiger partial charge in [0.25, 0.3) is 0 Å². The van der Waals surface area contributed by atoms with Crippen LogP contribution in [0.4, 0.5) is 18.9 Å². The first kappa shape index (κ1) is 18.5. The highest BCUT2D eigenvalue weighted by molar-refractivity contribution is 5.92. The molecule has 134 valence electrons. The molecule has 0 fully saturated rings. The number of halogens is 3. The Balaban J connectivity index is 2.45. The lowest BCUT2D eigenvalue weighted by Crippen LogP contribution is -2.20. The van der Waals surface area contributed by atoms with Gasteiger partial charge in [-0.15, -0.1) is 0 Å². The zero-order valence-electron chi connectivity index (χ0n) is 13.5. The molecule has 1 aromatic carbocycles. The Morgan fingerprint density at radius 3 is 2.60 bits per heavy atom. The van der Waals surface area contributed by atoms with E-state index < -0.39 is 23.4 Å². The van der Waals surface area contributed by atoms with E-state index in [1.54, 1.807) is 6.92 Å². The highest BCUT2D eigenvalue weighted by Gasteiger charge is 2.40.